The minimum absolute atomic E-state index is 0. The molecule has 1 aromatic rings. The van der Waals surface area contributed by atoms with Gasteiger partial charge in [0.15, 0.2) is 5.96 Å². The lowest BCUT2D eigenvalue weighted by Gasteiger charge is -2.13. The first-order valence-corrected chi connectivity index (χ1v) is 10.0. The molecule has 8 heteroatoms. The number of hydrogen-bond acceptors (Lipinski definition) is 3. The highest BCUT2D eigenvalue weighted by Crippen LogP contribution is 2.09. The van der Waals surface area contributed by atoms with Gasteiger partial charge in [-0.15, -0.1) is 24.0 Å². The van der Waals surface area contributed by atoms with E-state index in [9.17, 15) is 4.79 Å². The third-order valence-corrected chi connectivity index (χ3v) is 4.08. The molecule has 0 saturated heterocycles. The first-order chi connectivity index (χ1) is 12.0. The number of benzene rings is 1. The number of carbonyl (C=O) groups excluding carboxylic acids is 1. The van der Waals surface area contributed by atoms with Crippen LogP contribution in [-0.4, -0.2) is 43.6 Å². The van der Waals surface area contributed by atoms with Crippen LogP contribution in [-0.2, 0) is 6.54 Å². The Kier molecular flexibility index (Phi) is 14.3. The van der Waals surface area contributed by atoms with E-state index in [4.69, 9.17) is 0 Å². The van der Waals surface area contributed by atoms with Crippen LogP contribution in [0.2, 0.25) is 0 Å². The molecule has 0 atom stereocenters. The van der Waals surface area contributed by atoms with E-state index in [-0.39, 0.29) is 36.0 Å². The number of guanidine groups is 1. The van der Waals surface area contributed by atoms with Crippen molar-refractivity contribution in [2.75, 3.05) is 30.9 Å². The molecule has 1 rings (SSSR count). The Labute approximate surface area is 178 Å². The fraction of sp³-hybridized carbons (Fsp3) is 0.556. The summed E-state index contributed by atoms with van der Waals surface area (Å²) in [5, 5.41) is 12.2. The lowest BCUT2D eigenvalue weighted by atomic mass is 10.2. The van der Waals surface area contributed by atoms with Gasteiger partial charge in [0, 0.05) is 31.9 Å². The van der Waals surface area contributed by atoms with E-state index < -0.39 is 0 Å². The van der Waals surface area contributed by atoms with Crippen LogP contribution in [0.25, 0.3) is 0 Å². The van der Waals surface area contributed by atoms with Crippen molar-refractivity contribution in [3.8, 4) is 0 Å². The summed E-state index contributed by atoms with van der Waals surface area (Å²) in [4.78, 5) is 15.9. The van der Waals surface area contributed by atoms with Gasteiger partial charge in [-0.05, 0) is 56.4 Å². The number of aliphatic imine (C=N–C) groups is 1. The van der Waals surface area contributed by atoms with E-state index in [2.05, 4.69) is 32.5 Å². The SMILES string of the molecule is CN=C(NCCCCSC)NCc1ccc(NC(=O)NC(C)C)cc1.I. The number of thioether (sulfide) groups is 1. The standard InChI is InChI=1S/C18H31N5OS.HI/c1-14(2)22-18(24)23-16-9-7-15(8-10-16)13-21-17(19-3)20-11-5-6-12-25-4;/h7-10,14H,5-6,11-13H2,1-4H3,(H2,19,20,21)(H2,22,23,24);1H. The lowest BCUT2D eigenvalue weighted by Crippen LogP contribution is -2.37. The van der Waals surface area contributed by atoms with E-state index in [1.54, 1.807) is 7.05 Å². The van der Waals surface area contributed by atoms with Gasteiger partial charge in [-0.3, -0.25) is 4.99 Å². The van der Waals surface area contributed by atoms with Crippen molar-refractivity contribution in [2.45, 2.75) is 39.3 Å². The summed E-state index contributed by atoms with van der Waals surface area (Å²) in [6.07, 6.45) is 4.48. The Balaban J connectivity index is 0.00000625. The van der Waals surface area contributed by atoms with Crippen molar-refractivity contribution in [1.29, 1.82) is 0 Å². The third-order valence-electron chi connectivity index (χ3n) is 3.38. The zero-order valence-electron chi connectivity index (χ0n) is 16.1. The highest BCUT2D eigenvalue weighted by molar-refractivity contribution is 14.0. The van der Waals surface area contributed by atoms with Gasteiger partial charge in [0.05, 0.1) is 0 Å². The normalized spacial score (nSPS) is 10.9. The highest BCUT2D eigenvalue weighted by atomic mass is 127. The molecule has 0 saturated carbocycles. The number of halogens is 1. The monoisotopic (exact) mass is 493 g/mol. The number of urea groups is 1. The molecule has 2 amide bonds. The van der Waals surface area contributed by atoms with Crippen LogP contribution in [0.1, 0.15) is 32.3 Å². The number of hydrogen-bond donors (Lipinski definition) is 4. The van der Waals surface area contributed by atoms with E-state index in [0.717, 1.165) is 30.2 Å². The molecule has 0 aliphatic heterocycles. The highest BCUT2D eigenvalue weighted by Gasteiger charge is 2.03. The van der Waals surface area contributed by atoms with Crippen LogP contribution < -0.4 is 21.3 Å². The number of rotatable bonds is 9. The minimum Gasteiger partial charge on any atom is -0.356 e. The zero-order chi connectivity index (χ0) is 18.5. The maximum Gasteiger partial charge on any atom is 0.319 e. The molecular weight excluding hydrogens is 461 g/mol. The summed E-state index contributed by atoms with van der Waals surface area (Å²) in [7, 11) is 1.78. The van der Waals surface area contributed by atoms with Crippen LogP contribution >= 0.6 is 35.7 Å². The van der Waals surface area contributed by atoms with Crippen LogP contribution in [0, 0.1) is 0 Å². The van der Waals surface area contributed by atoms with Gasteiger partial charge in [0.2, 0.25) is 0 Å². The molecule has 148 valence electrons. The molecule has 0 unspecified atom stereocenters. The second kappa shape index (κ2) is 15.0. The maximum atomic E-state index is 11.7. The average Bonchev–Trinajstić information content (AvgIpc) is 2.58. The van der Waals surface area contributed by atoms with Crippen LogP contribution in [0.15, 0.2) is 29.3 Å². The molecule has 0 heterocycles. The molecule has 0 aliphatic rings. The topological polar surface area (TPSA) is 77.6 Å². The minimum atomic E-state index is -0.188. The quantitative estimate of drug-likeness (QED) is 0.183. The molecule has 0 bridgehead atoms. The van der Waals surface area contributed by atoms with Crippen molar-refractivity contribution < 1.29 is 4.79 Å². The molecule has 0 aromatic heterocycles. The Morgan fingerprint density at radius 2 is 1.85 bits per heavy atom. The summed E-state index contributed by atoms with van der Waals surface area (Å²) in [5.74, 6) is 2.01. The van der Waals surface area contributed by atoms with Crippen molar-refractivity contribution in [3.63, 3.8) is 0 Å². The molecule has 0 radical (unpaired) electrons. The van der Waals surface area contributed by atoms with E-state index in [1.807, 2.05) is 49.9 Å². The van der Waals surface area contributed by atoms with Gasteiger partial charge >= 0.3 is 6.03 Å². The lowest BCUT2D eigenvalue weighted by molar-refractivity contribution is 0.250. The zero-order valence-corrected chi connectivity index (χ0v) is 19.2. The number of nitrogens with zero attached hydrogens (tertiary/aromatic N) is 1. The first kappa shape index (κ1) is 24.8. The van der Waals surface area contributed by atoms with Crippen molar-refractivity contribution in [3.05, 3.63) is 29.8 Å². The molecule has 1 aromatic carbocycles. The fourth-order valence-corrected chi connectivity index (χ4v) is 2.61. The molecular formula is C18H32IN5OS. The Morgan fingerprint density at radius 1 is 1.15 bits per heavy atom. The van der Waals surface area contributed by atoms with Gasteiger partial charge in [-0.2, -0.15) is 11.8 Å². The molecule has 26 heavy (non-hydrogen) atoms. The second-order valence-electron chi connectivity index (χ2n) is 6.00. The Bertz CT molecular complexity index is 537. The van der Waals surface area contributed by atoms with Gasteiger partial charge in [-0.25, -0.2) is 4.79 Å². The fourth-order valence-electron chi connectivity index (χ4n) is 2.12. The van der Waals surface area contributed by atoms with E-state index in [0.29, 0.717) is 6.54 Å². The van der Waals surface area contributed by atoms with Gasteiger partial charge in [0.1, 0.15) is 0 Å². The smallest absolute Gasteiger partial charge is 0.319 e. The summed E-state index contributed by atoms with van der Waals surface area (Å²) >= 11 is 1.88. The van der Waals surface area contributed by atoms with Crippen LogP contribution in [0.5, 0.6) is 0 Å². The molecule has 4 N–H and O–H groups in total. The van der Waals surface area contributed by atoms with Gasteiger partial charge < -0.3 is 21.3 Å². The van der Waals surface area contributed by atoms with Gasteiger partial charge in [0.25, 0.3) is 0 Å². The molecule has 0 spiro atoms. The number of anilines is 1. The van der Waals surface area contributed by atoms with Crippen molar-refractivity contribution in [2.24, 2.45) is 4.99 Å². The molecule has 0 aliphatic carbocycles. The number of amides is 2. The van der Waals surface area contributed by atoms with Crippen LogP contribution in [0.4, 0.5) is 10.5 Å². The number of carbonyl (C=O) groups is 1. The van der Waals surface area contributed by atoms with E-state index in [1.165, 1.54) is 12.2 Å². The van der Waals surface area contributed by atoms with Crippen molar-refractivity contribution in [1.82, 2.24) is 16.0 Å². The summed E-state index contributed by atoms with van der Waals surface area (Å²) < 4.78 is 0. The maximum absolute atomic E-state index is 11.7. The summed E-state index contributed by atoms with van der Waals surface area (Å²) in [6.45, 7) is 5.47. The average molecular weight is 493 g/mol. The Morgan fingerprint density at radius 3 is 2.42 bits per heavy atom. The first-order valence-electron chi connectivity index (χ1n) is 8.65. The van der Waals surface area contributed by atoms with Gasteiger partial charge in [-0.1, -0.05) is 12.1 Å². The predicted molar refractivity (Wildman–Crippen MR) is 125 cm³/mol. The van der Waals surface area contributed by atoms with Crippen molar-refractivity contribution >= 4 is 53.4 Å². The predicted octanol–water partition coefficient (Wildman–Crippen LogP) is 3.64. The summed E-state index contributed by atoms with van der Waals surface area (Å²) in [5.41, 5.74) is 1.90. The summed E-state index contributed by atoms with van der Waals surface area (Å²) in [6, 6.07) is 7.70. The van der Waals surface area contributed by atoms with E-state index >= 15 is 0 Å². The van der Waals surface area contributed by atoms with Crippen LogP contribution in [0.3, 0.4) is 0 Å². The molecule has 0 fully saturated rings. The molecule has 6 nitrogen and oxygen atoms in total. The third kappa shape index (κ3) is 11.5. The number of nitrogens with one attached hydrogen (secondary N) is 4. The second-order valence-corrected chi connectivity index (χ2v) is 6.99. The number of unbranched alkanes of at least 4 members (excludes halogenated alkanes) is 1. The largest absolute Gasteiger partial charge is 0.356 e. The Hall–Kier alpha value is -1.16.